The highest BCUT2D eigenvalue weighted by Gasteiger charge is 2.44. The second-order valence-corrected chi connectivity index (χ2v) is 8.70. The maximum atomic E-state index is 10.4. The number of methoxy groups -OCH3 is 1. The van der Waals surface area contributed by atoms with Crippen LogP contribution in [0.2, 0.25) is 0 Å². The molecule has 1 aliphatic heterocycles. The summed E-state index contributed by atoms with van der Waals surface area (Å²) >= 11 is 0. The Labute approximate surface area is 173 Å². The molecule has 164 valence electrons. The second-order valence-electron chi connectivity index (χ2n) is 8.70. The van der Waals surface area contributed by atoms with Gasteiger partial charge in [0.15, 0.2) is 0 Å². The molecule has 1 aromatic rings. The van der Waals surface area contributed by atoms with Gasteiger partial charge in [0.1, 0.15) is 36.3 Å². The maximum absolute atomic E-state index is 10.4. The van der Waals surface area contributed by atoms with Crippen molar-refractivity contribution in [1.82, 2.24) is 0 Å². The van der Waals surface area contributed by atoms with Crippen LogP contribution >= 0.6 is 0 Å². The molecule has 0 aromatic heterocycles. The lowest BCUT2D eigenvalue weighted by molar-refractivity contribution is -0.231. The van der Waals surface area contributed by atoms with Crippen molar-refractivity contribution in [2.24, 2.45) is 11.8 Å². The lowest BCUT2D eigenvalue weighted by Crippen LogP contribution is -2.55. The number of hydrogen-bond acceptors (Lipinski definition) is 6. The molecule has 4 N–H and O–H groups in total. The van der Waals surface area contributed by atoms with E-state index in [2.05, 4.69) is 6.92 Å². The van der Waals surface area contributed by atoms with E-state index in [9.17, 15) is 20.4 Å². The Bertz CT molecular complexity index is 640. The summed E-state index contributed by atoms with van der Waals surface area (Å²) < 4.78 is 11.3. The van der Waals surface area contributed by atoms with Crippen LogP contribution in [0.4, 0.5) is 0 Å². The van der Waals surface area contributed by atoms with Crippen molar-refractivity contribution >= 4 is 0 Å². The Morgan fingerprint density at radius 2 is 1.69 bits per heavy atom. The number of benzene rings is 1. The molecule has 6 heteroatoms. The molecule has 5 unspecified atom stereocenters. The van der Waals surface area contributed by atoms with Crippen LogP contribution in [0.5, 0.6) is 5.75 Å². The first-order chi connectivity index (χ1) is 14.0. The molecule has 2 aliphatic rings. The van der Waals surface area contributed by atoms with E-state index in [1.807, 2.05) is 18.2 Å². The highest BCUT2D eigenvalue weighted by Crippen LogP contribution is 2.38. The Morgan fingerprint density at radius 3 is 2.31 bits per heavy atom. The zero-order valence-corrected chi connectivity index (χ0v) is 17.5. The van der Waals surface area contributed by atoms with E-state index >= 15 is 0 Å². The van der Waals surface area contributed by atoms with Gasteiger partial charge in [-0.05, 0) is 54.4 Å². The van der Waals surface area contributed by atoms with Crippen LogP contribution in [0.25, 0.3) is 0 Å². The van der Waals surface area contributed by atoms with Crippen LogP contribution in [0.1, 0.15) is 62.7 Å². The minimum atomic E-state index is -1.37. The average molecular weight is 409 g/mol. The zero-order valence-electron chi connectivity index (χ0n) is 17.5. The monoisotopic (exact) mass is 408 g/mol. The fourth-order valence-corrected chi connectivity index (χ4v) is 4.96. The van der Waals surface area contributed by atoms with Gasteiger partial charge in [0.2, 0.25) is 0 Å². The van der Waals surface area contributed by atoms with Crippen LogP contribution < -0.4 is 4.74 Å². The molecule has 0 bridgehead atoms. The van der Waals surface area contributed by atoms with Gasteiger partial charge in [0.05, 0.1) is 13.7 Å². The fourth-order valence-electron chi connectivity index (χ4n) is 4.96. The average Bonchev–Trinajstić information content (AvgIpc) is 2.74. The van der Waals surface area contributed by atoms with Gasteiger partial charge in [-0.2, -0.15) is 0 Å². The van der Waals surface area contributed by atoms with Crippen molar-refractivity contribution in [3.63, 3.8) is 0 Å². The van der Waals surface area contributed by atoms with Gasteiger partial charge in [0.25, 0.3) is 0 Å². The summed E-state index contributed by atoms with van der Waals surface area (Å²) in [7, 11) is 1.66. The van der Waals surface area contributed by atoms with Crippen molar-refractivity contribution in [2.75, 3.05) is 13.7 Å². The summed E-state index contributed by atoms with van der Waals surface area (Å²) in [5.74, 6) is 2.29. The molecule has 0 radical (unpaired) electrons. The van der Waals surface area contributed by atoms with Crippen LogP contribution in [0.3, 0.4) is 0 Å². The molecular weight excluding hydrogens is 372 g/mol. The molecule has 0 spiro atoms. The third-order valence-corrected chi connectivity index (χ3v) is 6.70. The highest BCUT2D eigenvalue weighted by molar-refractivity contribution is 5.39. The number of hydrogen-bond donors (Lipinski definition) is 4. The standard InChI is InChI=1S/C23H36O6/c1-3-4-14-5-7-15(8-6-14)11-17-12-16(9-10-18(17)28-2)23-22(27)21(26)20(25)19(13-24)29-23/h9-10,12,14-15,19-27H,3-8,11,13H2,1-2H3. The van der Waals surface area contributed by atoms with E-state index < -0.39 is 37.1 Å². The molecule has 29 heavy (non-hydrogen) atoms. The minimum Gasteiger partial charge on any atom is -0.496 e. The molecule has 1 aliphatic carbocycles. The topological polar surface area (TPSA) is 99.4 Å². The summed E-state index contributed by atoms with van der Waals surface area (Å²) in [4.78, 5) is 0. The Balaban J connectivity index is 1.75. The number of rotatable bonds is 7. The Hall–Kier alpha value is -1.18. The number of ether oxygens (including phenoxy) is 2. The first-order valence-electron chi connectivity index (χ1n) is 11.0. The van der Waals surface area contributed by atoms with Gasteiger partial charge in [-0.3, -0.25) is 0 Å². The summed E-state index contributed by atoms with van der Waals surface area (Å²) in [6.07, 6.45) is 2.80. The highest BCUT2D eigenvalue weighted by atomic mass is 16.5. The SMILES string of the molecule is CCCC1CCC(Cc2cc(C3OC(CO)C(O)C(O)C3O)ccc2OC)CC1. The smallest absolute Gasteiger partial charge is 0.122 e. The molecule has 5 atom stereocenters. The van der Waals surface area contributed by atoms with Crippen LogP contribution in [0, 0.1) is 11.8 Å². The van der Waals surface area contributed by atoms with E-state index in [-0.39, 0.29) is 0 Å². The zero-order chi connectivity index (χ0) is 21.0. The van der Waals surface area contributed by atoms with Gasteiger partial charge in [-0.25, -0.2) is 0 Å². The largest absolute Gasteiger partial charge is 0.496 e. The Morgan fingerprint density at radius 1 is 1.00 bits per heavy atom. The molecule has 1 heterocycles. The van der Waals surface area contributed by atoms with Crippen LogP contribution in [-0.2, 0) is 11.2 Å². The van der Waals surface area contributed by atoms with E-state index in [1.165, 1.54) is 38.5 Å². The molecule has 2 fully saturated rings. The molecule has 1 saturated heterocycles. The van der Waals surface area contributed by atoms with E-state index in [0.29, 0.717) is 5.92 Å². The lowest BCUT2D eigenvalue weighted by Gasteiger charge is -2.40. The molecule has 1 aromatic carbocycles. The van der Waals surface area contributed by atoms with Gasteiger partial charge < -0.3 is 29.9 Å². The molecule has 0 amide bonds. The molecule has 6 nitrogen and oxygen atoms in total. The fraction of sp³-hybridized carbons (Fsp3) is 0.739. The van der Waals surface area contributed by atoms with Crippen molar-refractivity contribution < 1.29 is 29.9 Å². The lowest BCUT2D eigenvalue weighted by atomic mass is 9.77. The third-order valence-electron chi connectivity index (χ3n) is 6.70. The van der Waals surface area contributed by atoms with Gasteiger partial charge in [0, 0.05) is 0 Å². The van der Waals surface area contributed by atoms with Crippen molar-refractivity contribution in [1.29, 1.82) is 0 Å². The molecule has 1 saturated carbocycles. The number of aliphatic hydroxyl groups is 4. The maximum Gasteiger partial charge on any atom is 0.122 e. The summed E-state index contributed by atoms with van der Waals surface area (Å²) in [5, 5.41) is 40.0. The van der Waals surface area contributed by atoms with E-state index in [4.69, 9.17) is 9.47 Å². The second kappa shape index (κ2) is 10.2. The third kappa shape index (κ3) is 5.12. The minimum absolute atomic E-state index is 0.425. The van der Waals surface area contributed by atoms with Gasteiger partial charge >= 0.3 is 0 Å². The first kappa shape index (κ1) is 22.5. The normalized spacial score (nSPS) is 35.4. The predicted molar refractivity (Wildman–Crippen MR) is 110 cm³/mol. The van der Waals surface area contributed by atoms with E-state index in [0.717, 1.165) is 29.2 Å². The Kier molecular flexibility index (Phi) is 7.93. The molecule has 3 rings (SSSR count). The summed E-state index contributed by atoms with van der Waals surface area (Å²) in [6, 6.07) is 5.66. The van der Waals surface area contributed by atoms with Crippen LogP contribution in [0.15, 0.2) is 18.2 Å². The summed E-state index contributed by atoms with van der Waals surface area (Å²) in [5.41, 5.74) is 1.79. The van der Waals surface area contributed by atoms with Crippen LogP contribution in [-0.4, -0.2) is 58.6 Å². The quantitative estimate of drug-likeness (QED) is 0.553. The number of aliphatic hydroxyl groups excluding tert-OH is 4. The summed E-state index contributed by atoms with van der Waals surface area (Å²) in [6.45, 7) is 1.83. The van der Waals surface area contributed by atoms with Crippen molar-refractivity contribution in [3.8, 4) is 5.75 Å². The molecular formula is C23H36O6. The van der Waals surface area contributed by atoms with Crippen molar-refractivity contribution in [3.05, 3.63) is 29.3 Å². The first-order valence-corrected chi connectivity index (χ1v) is 11.0. The van der Waals surface area contributed by atoms with Gasteiger partial charge in [-0.15, -0.1) is 0 Å². The van der Waals surface area contributed by atoms with Gasteiger partial charge in [-0.1, -0.05) is 38.7 Å². The predicted octanol–water partition coefficient (Wildman–Crippen LogP) is 2.36. The van der Waals surface area contributed by atoms with E-state index in [1.54, 1.807) is 7.11 Å². The van der Waals surface area contributed by atoms with Crippen molar-refractivity contribution in [2.45, 2.75) is 82.4 Å².